The van der Waals surface area contributed by atoms with Gasteiger partial charge in [-0.15, -0.1) is 0 Å². The van der Waals surface area contributed by atoms with Crippen LogP contribution in [0.1, 0.15) is 44.1 Å². The Morgan fingerprint density at radius 1 is 1.58 bits per heavy atom. The van der Waals surface area contributed by atoms with E-state index in [4.69, 9.17) is 9.52 Å². The molecular weight excluding hydrogens is 308 g/mol. The summed E-state index contributed by atoms with van der Waals surface area (Å²) in [5.41, 5.74) is 1.06. The lowest BCUT2D eigenvalue weighted by Crippen LogP contribution is -2.31. The lowest BCUT2D eigenvalue weighted by Gasteiger charge is -2.34. The fourth-order valence-electron chi connectivity index (χ4n) is 3.18. The van der Waals surface area contributed by atoms with Gasteiger partial charge in [0.05, 0.1) is 25.2 Å². The molecule has 0 radical (unpaired) electrons. The minimum Gasteiger partial charge on any atom is -0.472 e. The van der Waals surface area contributed by atoms with E-state index in [1.165, 1.54) is 5.56 Å². The van der Waals surface area contributed by atoms with Crippen molar-refractivity contribution in [3.05, 3.63) is 34.7 Å². The summed E-state index contributed by atoms with van der Waals surface area (Å²) in [6, 6.07) is 2.00. The molecule has 0 aromatic carbocycles. The smallest absolute Gasteiger partial charge is 0.0937 e. The summed E-state index contributed by atoms with van der Waals surface area (Å²) in [6.45, 7) is 2.19. The van der Waals surface area contributed by atoms with Gasteiger partial charge < -0.3 is 14.6 Å². The fourth-order valence-corrected chi connectivity index (χ4v) is 3.41. The van der Waals surface area contributed by atoms with Gasteiger partial charge in [0, 0.05) is 9.90 Å². The highest BCUT2D eigenvalue weighted by molar-refractivity contribution is 9.11. The average molecular weight is 329 g/mol. The molecular formula is C15H21BrO3. The van der Waals surface area contributed by atoms with Crippen LogP contribution in [0.5, 0.6) is 0 Å². The summed E-state index contributed by atoms with van der Waals surface area (Å²) in [5.74, 6) is 0.350. The van der Waals surface area contributed by atoms with E-state index in [-0.39, 0.29) is 18.1 Å². The van der Waals surface area contributed by atoms with Gasteiger partial charge in [0.25, 0.3) is 0 Å². The van der Waals surface area contributed by atoms with Crippen LogP contribution in [0.25, 0.3) is 0 Å². The molecule has 1 fully saturated rings. The third kappa shape index (κ3) is 3.12. The number of aliphatic hydroxyl groups is 2. The Morgan fingerprint density at radius 3 is 3.00 bits per heavy atom. The molecule has 1 aromatic rings. The molecule has 1 aliphatic rings. The molecule has 1 aromatic heterocycles. The predicted octanol–water partition coefficient (Wildman–Crippen LogP) is 3.58. The molecule has 2 rings (SSSR count). The van der Waals surface area contributed by atoms with Crippen LogP contribution in [0.15, 0.2) is 33.6 Å². The zero-order valence-corrected chi connectivity index (χ0v) is 12.8. The summed E-state index contributed by atoms with van der Waals surface area (Å²) < 4.78 is 5.99. The van der Waals surface area contributed by atoms with Crippen molar-refractivity contribution in [1.82, 2.24) is 0 Å². The van der Waals surface area contributed by atoms with Crippen LogP contribution in [-0.4, -0.2) is 22.9 Å². The van der Waals surface area contributed by atoms with Gasteiger partial charge in [-0.25, -0.2) is 0 Å². The number of aliphatic hydroxyl groups excluding tert-OH is 2. The first kappa shape index (κ1) is 14.8. The minimum absolute atomic E-state index is 0.0322. The van der Waals surface area contributed by atoms with Crippen molar-refractivity contribution in [2.24, 2.45) is 5.41 Å². The van der Waals surface area contributed by atoms with Crippen LogP contribution in [0.4, 0.5) is 0 Å². The highest BCUT2D eigenvalue weighted by Crippen LogP contribution is 2.52. The van der Waals surface area contributed by atoms with Crippen LogP contribution >= 0.6 is 15.9 Å². The van der Waals surface area contributed by atoms with E-state index in [1.807, 2.05) is 12.1 Å². The summed E-state index contributed by atoms with van der Waals surface area (Å²) in [5, 5.41) is 19.3. The summed E-state index contributed by atoms with van der Waals surface area (Å²) in [4.78, 5) is 0. The van der Waals surface area contributed by atoms with Crippen molar-refractivity contribution in [2.45, 2.75) is 44.6 Å². The number of hydrogen-bond donors (Lipinski definition) is 2. The quantitative estimate of drug-likeness (QED) is 0.868. The highest BCUT2D eigenvalue weighted by Gasteiger charge is 2.46. The molecule has 0 aliphatic heterocycles. The maximum Gasteiger partial charge on any atom is 0.0937 e. The van der Waals surface area contributed by atoms with E-state index in [0.717, 1.165) is 30.2 Å². The Bertz CT molecular complexity index is 427. The fraction of sp³-hybridized carbons (Fsp3) is 0.600. The molecule has 2 N–H and O–H groups in total. The molecule has 106 valence electrons. The Morgan fingerprint density at radius 2 is 2.37 bits per heavy atom. The second kappa shape index (κ2) is 6.25. The van der Waals surface area contributed by atoms with Crippen LogP contribution in [-0.2, 0) is 0 Å². The van der Waals surface area contributed by atoms with E-state index in [0.29, 0.717) is 5.92 Å². The van der Waals surface area contributed by atoms with Crippen molar-refractivity contribution in [3.8, 4) is 0 Å². The van der Waals surface area contributed by atoms with Gasteiger partial charge in [-0.3, -0.25) is 0 Å². The van der Waals surface area contributed by atoms with E-state index in [1.54, 1.807) is 12.5 Å². The monoisotopic (exact) mass is 328 g/mol. The second-order valence-electron chi connectivity index (χ2n) is 5.56. The normalized spacial score (nSPS) is 31.9. The molecule has 0 saturated heterocycles. The minimum atomic E-state index is -0.270. The molecule has 0 bridgehead atoms. The Balaban J connectivity index is 2.09. The first-order chi connectivity index (χ1) is 9.08. The van der Waals surface area contributed by atoms with E-state index in [2.05, 4.69) is 22.9 Å². The third-order valence-electron chi connectivity index (χ3n) is 4.43. The molecule has 3 atom stereocenters. The van der Waals surface area contributed by atoms with Gasteiger partial charge in [0.15, 0.2) is 0 Å². The Labute approximate surface area is 122 Å². The SMILES string of the molecule is C[C@]1(CC/C=C(\Br)CO)C(O)CC[C@@H]1c1ccoc1. The van der Waals surface area contributed by atoms with Gasteiger partial charge in [0.2, 0.25) is 0 Å². The lowest BCUT2D eigenvalue weighted by atomic mass is 9.72. The highest BCUT2D eigenvalue weighted by atomic mass is 79.9. The molecule has 1 aliphatic carbocycles. The molecule has 3 nitrogen and oxygen atoms in total. The van der Waals surface area contributed by atoms with E-state index >= 15 is 0 Å². The standard InChI is InChI=1S/C15H21BrO3/c1-15(7-2-3-12(16)9-17)13(4-5-14(15)18)11-6-8-19-10-11/h3,6,8,10,13-14,17-18H,2,4-5,7,9H2,1H3/b12-3-/t13-,14?,15-/m1/s1. The second-order valence-corrected chi connectivity index (χ2v) is 6.57. The van der Waals surface area contributed by atoms with Gasteiger partial charge in [-0.1, -0.05) is 28.9 Å². The topological polar surface area (TPSA) is 53.6 Å². The molecule has 1 saturated carbocycles. The summed E-state index contributed by atoms with van der Waals surface area (Å²) >= 11 is 3.31. The van der Waals surface area contributed by atoms with Crippen LogP contribution in [0.2, 0.25) is 0 Å². The third-order valence-corrected chi connectivity index (χ3v) is 5.01. The molecule has 19 heavy (non-hydrogen) atoms. The van der Waals surface area contributed by atoms with Gasteiger partial charge >= 0.3 is 0 Å². The number of hydrogen-bond acceptors (Lipinski definition) is 3. The zero-order chi connectivity index (χ0) is 13.9. The average Bonchev–Trinajstić information content (AvgIpc) is 3.00. The zero-order valence-electron chi connectivity index (χ0n) is 11.2. The first-order valence-electron chi connectivity index (χ1n) is 6.73. The van der Waals surface area contributed by atoms with Crippen LogP contribution < -0.4 is 0 Å². The van der Waals surface area contributed by atoms with Crippen molar-refractivity contribution < 1.29 is 14.6 Å². The molecule has 0 spiro atoms. The van der Waals surface area contributed by atoms with Crippen molar-refractivity contribution >= 4 is 15.9 Å². The maximum atomic E-state index is 10.3. The van der Waals surface area contributed by atoms with Gasteiger partial charge in [-0.2, -0.15) is 0 Å². The number of rotatable bonds is 5. The van der Waals surface area contributed by atoms with Crippen molar-refractivity contribution in [3.63, 3.8) is 0 Å². The first-order valence-corrected chi connectivity index (χ1v) is 7.53. The molecule has 1 unspecified atom stereocenters. The van der Waals surface area contributed by atoms with Gasteiger partial charge in [0.1, 0.15) is 0 Å². The summed E-state index contributed by atoms with van der Waals surface area (Å²) in [6.07, 6.45) is 8.81. The van der Waals surface area contributed by atoms with Crippen molar-refractivity contribution in [2.75, 3.05) is 6.61 Å². The number of halogens is 1. The van der Waals surface area contributed by atoms with Crippen LogP contribution in [0, 0.1) is 5.41 Å². The molecule has 0 amide bonds. The van der Waals surface area contributed by atoms with Gasteiger partial charge in [-0.05, 0) is 43.2 Å². The lowest BCUT2D eigenvalue weighted by molar-refractivity contribution is 0.0503. The molecule has 1 heterocycles. The Hall–Kier alpha value is -0.580. The number of allylic oxidation sites excluding steroid dienone is 1. The Kier molecular flexibility index (Phi) is 4.87. The largest absolute Gasteiger partial charge is 0.472 e. The predicted molar refractivity (Wildman–Crippen MR) is 78.1 cm³/mol. The van der Waals surface area contributed by atoms with Crippen molar-refractivity contribution in [1.29, 1.82) is 0 Å². The van der Waals surface area contributed by atoms with E-state index < -0.39 is 0 Å². The molecule has 4 heteroatoms. The van der Waals surface area contributed by atoms with Crippen LogP contribution in [0.3, 0.4) is 0 Å². The maximum absolute atomic E-state index is 10.3. The summed E-state index contributed by atoms with van der Waals surface area (Å²) in [7, 11) is 0. The number of furan rings is 1. The van der Waals surface area contributed by atoms with E-state index in [9.17, 15) is 5.11 Å².